The predicted octanol–water partition coefficient (Wildman–Crippen LogP) is 3.06. The molecular formula is C17H17N3O2. The van der Waals surface area contributed by atoms with Crippen molar-refractivity contribution in [2.75, 3.05) is 16.0 Å². The Morgan fingerprint density at radius 1 is 1.09 bits per heavy atom. The van der Waals surface area contributed by atoms with Crippen molar-refractivity contribution < 1.29 is 9.59 Å². The third kappa shape index (κ3) is 2.79. The van der Waals surface area contributed by atoms with Gasteiger partial charge >= 0.3 is 0 Å². The first-order valence-corrected chi connectivity index (χ1v) is 7.08. The molecule has 2 aromatic rings. The molecular weight excluding hydrogens is 278 g/mol. The normalized spacial score (nSPS) is 15.9. The van der Waals surface area contributed by atoms with E-state index in [1.165, 1.54) is 6.92 Å². The first kappa shape index (κ1) is 14.1. The molecule has 5 heteroatoms. The average Bonchev–Trinajstić information content (AvgIpc) is 2.76. The standard InChI is InChI=1S/C17H17N3O2/c1-10-3-8-15-14(9-10)16(17(22)20-15)19-13-6-4-12(5-7-13)18-11(2)21/h3-9,16,19H,1-2H3,(H,18,21)(H,20,22). The molecule has 1 heterocycles. The molecule has 22 heavy (non-hydrogen) atoms. The summed E-state index contributed by atoms with van der Waals surface area (Å²) in [4.78, 5) is 23.1. The van der Waals surface area contributed by atoms with Crippen LogP contribution in [0.15, 0.2) is 42.5 Å². The van der Waals surface area contributed by atoms with Crippen LogP contribution in [0.2, 0.25) is 0 Å². The molecule has 0 saturated heterocycles. The minimum Gasteiger partial charge on any atom is -0.370 e. The summed E-state index contributed by atoms with van der Waals surface area (Å²) in [5, 5.41) is 8.82. The molecule has 0 aromatic heterocycles. The van der Waals surface area contributed by atoms with E-state index in [0.29, 0.717) is 0 Å². The second-order valence-electron chi connectivity index (χ2n) is 5.42. The zero-order valence-corrected chi connectivity index (χ0v) is 12.4. The Kier molecular flexibility index (Phi) is 3.55. The van der Waals surface area contributed by atoms with E-state index in [-0.39, 0.29) is 11.8 Å². The maximum atomic E-state index is 12.1. The molecule has 0 bridgehead atoms. The van der Waals surface area contributed by atoms with Crippen molar-refractivity contribution >= 4 is 28.9 Å². The summed E-state index contributed by atoms with van der Waals surface area (Å²) in [6.45, 7) is 3.47. The number of carbonyl (C=O) groups is 2. The molecule has 0 fully saturated rings. The van der Waals surface area contributed by atoms with E-state index in [9.17, 15) is 9.59 Å². The molecule has 3 rings (SSSR count). The average molecular weight is 295 g/mol. The van der Waals surface area contributed by atoms with Crippen LogP contribution in [0.5, 0.6) is 0 Å². The number of anilines is 3. The maximum absolute atomic E-state index is 12.1. The molecule has 1 atom stereocenters. The van der Waals surface area contributed by atoms with Gasteiger partial charge in [-0.15, -0.1) is 0 Å². The van der Waals surface area contributed by atoms with Gasteiger partial charge in [-0.05, 0) is 37.3 Å². The highest BCUT2D eigenvalue weighted by Gasteiger charge is 2.30. The van der Waals surface area contributed by atoms with E-state index in [1.807, 2.05) is 37.3 Å². The predicted molar refractivity (Wildman–Crippen MR) is 86.9 cm³/mol. The van der Waals surface area contributed by atoms with Crippen LogP contribution in [0.3, 0.4) is 0 Å². The highest BCUT2D eigenvalue weighted by Crippen LogP contribution is 2.34. The number of aryl methyl sites for hydroxylation is 1. The molecule has 3 N–H and O–H groups in total. The van der Waals surface area contributed by atoms with Gasteiger partial charge in [0.15, 0.2) is 0 Å². The van der Waals surface area contributed by atoms with Gasteiger partial charge in [0.25, 0.3) is 5.91 Å². The van der Waals surface area contributed by atoms with Crippen molar-refractivity contribution in [3.8, 4) is 0 Å². The van der Waals surface area contributed by atoms with Crippen LogP contribution in [-0.2, 0) is 9.59 Å². The fraction of sp³-hybridized carbons (Fsp3) is 0.176. The SMILES string of the molecule is CC(=O)Nc1ccc(NC2C(=O)Nc3ccc(C)cc32)cc1. The molecule has 0 saturated carbocycles. The Bertz CT molecular complexity index is 738. The van der Waals surface area contributed by atoms with Crippen LogP contribution >= 0.6 is 0 Å². The first-order chi connectivity index (χ1) is 10.5. The summed E-state index contributed by atoms with van der Waals surface area (Å²) in [6.07, 6.45) is 0. The minimum absolute atomic E-state index is 0.0634. The third-order valence-corrected chi connectivity index (χ3v) is 3.55. The Hall–Kier alpha value is -2.82. The van der Waals surface area contributed by atoms with Gasteiger partial charge in [0.05, 0.1) is 0 Å². The van der Waals surface area contributed by atoms with Crippen molar-refractivity contribution in [2.45, 2.75) is 19.9 Å². The van der Waals surface area contributed by atoms with Gasteiger partial charge in [-0.25, -0.2) is 0 Å². The van der Waals surface area contributed by atoms with Crippen LogP contribution in [-0.4, -0.2) is 11.8 Å². The Balaban J connectivity index is 1.80. The van der Waals surface area contributed by atoms with Gasteiger partial charge in [-0.2, -0.15) is 0 Å². The highest BCUT2D eigenvalue weighted by atomic mass is 16.2. The number of amides is 2. The van der Waals surface area contributed by atoms with E-state index < -0.39 is 6.04 Å². The second-order valence-corrected chi connectivity index (χ2v) is 5.42. The fourth-order valence-electron chi connectivity index (χ4n) is 2.54. The largest absolute Gasteiger partial charge is 0.370 e. The van der Waals surface area contributed by atoms with E-state index >= 15 is 0 Å². The lowest BCUT2D eigenvalue weighted by atomic mass is 10.1. The third-order valence-electron chi connectivity index (χ3n) is 3.55. The molecule has 1 unspecified atom stereocenters. The molecule has 1 aliphatic rings. The van der Waals surface area contributed by atoms with Gasteiger partial charge in [0.2, 0.25) is 5.91 Å². The fourth-order valence-corrected chi connectivity index (χ4v) is 2.54. The summed E-state index contributed by atoms with van der Waals surface area (Å²) in [5.74, 6) is -0.174. The van der Waals surface area contributed by atoms with E-state index in [1.54, 1.807) is 12.1 Å². The first-order valence-electron chi connectivity index (χ1n) is 7.08. The molecule has 5 nitrogen and oxygen atoms in total. The van der Waals surface area contributed by atoms with Gasteiger partial charge in [0.1, 0.15) is 6.04 Å². The molecule has 0 radical (unpaired) electrons. The lowest BCUT2D eigenvalue weighted by Crippen LogP contribution is -2.19. The Morgan fingerprint density at radius 3 is 2.45 bits per heavy atom. The highest BCUT2D eigenvalue weighted by molar-refractivity contribution is 6.04. The maximum Gasteiger partial charge on any atom is 0.251 e. The summed E-state index contributed by atoms with van der Waals surface area (Å²) >= 11 is 0. The Morgan fingerprint density at radius 2 is 1.77 bits per heavy atom. The van der Waals surface area contributed by atoms with Crippen LogP contribution in [0.25, 0.3) is 0 Å². The number of hydrogen-bond donors (Lipinski definition) is 3. The van der Waals surface area contributed by atoms with Crippen molar-refractivity contribution in [3.05, 3.63) is 53.6 Å². The summed E-state index contributed by atoms with van der Waals surface area (Å²) in [7, 11) is 0. The summed E-state index contributed by atoms with van der Waals surface area (Å²) < 4.78 is 0. The van der Waals surface area contributed by atoms with Crippen LogP contribution in [0.4, 0.5) is 17.1 Å². The van der Waals surface area contributed by atoms with Crippen LogP contribution in [0, 0.1) is 6.92 Å². The number of rotatable bonds is 3. The van der Waals surface area contributed by atoms with Crippen LogP contribution in [0.1, 0.15) is 24.1 Å². The number of fused-ring (bicyclic) bond motifs is 1. The van der Waals surface area contributed by atoms with Gasteiger partial charge in [-0.3, -0.25) is 9.59 Å². The summed E-state index contributed by atoms with van der Waals surface area (Å²) in [5.41, 5.74) is 4.47. The van der Waals surface area contributed by atoms with Crippen molar-refractivity contribution in [1.29, 1.82) is 0 Å². The Labute approximate surface area is 128 Å². The molecule has 0 spiro atoms. The smallest absolute Gasteiger partial charge is 0.251 e. The molecule has 2 amide bonds. The molecule has 0 aliphatic carbocycles. The lowest BCUT2D eigenvalue weighted by Gasteiger charge is -2.14. The topological polar surface area (TPSA) is 70.2 Å². The number of hydrogen-bond acceptors (Lipinski definition) is 3. The van der Waals surface area contributed by atoms with Gasteiger partial charge < -0.3 is 16.0 Å². The molecule has 112 valence electrons. The van der Waals surface area contributed by atoms with Gasteiger partial charge in [-0.1, -0.05) is 17.7 Å². The number of carbonyl (C=O) groups excluding carboxylic acids is 2. The van der Waals surface area contributed by atoms with Gasteiger partial charge in [0, 0.05) is 29.5 Å². The number of nitrogens with one attached hydrogen (secondary N) is 3. The minimum atomic E-state index is -0.401. The lowest BCUT2D eigenvalue weighted by molar-refractivity contribution is -0.116. The van der Waals surface area contributed by atoms with Crippen LogP contribution < -0.4 is 16.0 Å². The van der Waals surface area contributed by atoms with Crippen molar-refractivity contribution in [1.82, 2.24) is 0 Å². The molecule has 2 aromatic carbocycles. The van der Waals surface area contributed by atoms with E-state index in [2.05, 4.69) is 16.0 Å². The quantitative estimate of drug-likeness (QED) is 0.815. The zero-order valence-electron chi connectivity index (χ0n) is 12.4. The van der Waals surface area contributed by atoms with E-state index in [0.717, 1.165) is 28.2 Å². The second kappa shape index (κ2) is 5.52. The van der Waals surface area contributed by atoms with E-state index in [4.69, 9.17) is 0 Å². The summed E-state index contributed by atoms with van der Waals surface area (Å²) in [6, 6.07) is 12.8. The molecule has 1 aliphatic heterocycles. The zero-order chi connectivity index (χ0) is 15.7. The van der Waals surface area contributed by atoms with Crippen molar-refractivity contribution in [3.63, 3.8) is 0 Å². The monoisotopic (exact) mass is 295 g/mol. The van der Waals surface area contributed by atoms with Crippen molar-refractivity contribution in [2.24, 2.45) is 0 Å². The number of benzene rings is 2.